The first kappa shape index (κ1) is 10.6. The van der Waals surface area contributed by atoms with Gasteiger partial charge in [0.1, 0.15) is 11.5 Å². The number of carboxylic acids is 1. The van der Waals surface area contributed by atoms with Gasteiger partial charge in [-0.1, -0.05) is 11.3 Å². The van der Waals surface area contributed by atoms with Gasteiger partial charge in [0, 0.05) is 7.11 Å². The molecule has 0 saturated carbocycles. The number of nitrogens with zero attached hydrogens (tertiary/aromatic N) is 1. The fraction of sp³-hybridized carbons (Fsp3) is 0.286. The van der Waals surface area contributed by atoms with Crippen LogP contribution in [-0.4, -0.2) is 35.7 Å². The number of carbonyl (C=O) groups excluding carboxylic acids is 1. The Morgan fingerprint density at radius 2 is 2.43 bits per heavy atom. The molecule has 0 aliphatic carbocycles. The largest absolute Gasteiger partial charge is 0.477 e. The molecule has 6 nitrogen and oxygen atoms in total. The first-order valence-electron chi connectivity index (χ1n) is 3.61. The Morgan fingerprint density at radius 3 is 2.93 bits per heavy atom. The summed E-state index contributed by atoms with van der Waals surface area (Å²) in [4.78, 5) is 25.2. The molecule has 76 valence electrons. The van der Waals surface area contributed by atoms with E-state index in [0.29, 0.717) is 0 Å². The van der Waals surface area contributed by atoms with E-state index in [1.165, 1.54) is 13.3 Å². The predicted molar refractivity (Wildman–Crippen MR) is 49.6 cm³/mol. The monoisotopic (exact) mass is 216 g/mol. The van der Waals surface area contributed by atoms with E-state index in [2.05, 4.69) is 15.0 Å². The number of hydrogen-bond donors (Lipinski definition) is 2. The molecule has 0 spiro atoms. The second kappa shape index (κ2) is 4.68. The molecule has 0 aliphatic heterocycles. The number of nitrogens with one attached hydrogen (secondary N) is 1. The lowest BCUT2D eigenvalue weighted by Gasteiger charge is -1.98. The number of aromatic nitrogens is 1. The van der Waals surface area contributed by atoms with Crippen molar-refractivity contribution in [3.8, 4) is 0 Å². The molecule has 7 heteroatoms. The number of rotatable bonds is 4. The third-order valence-corrected chi connectivity index (χ3v) is 2.14. The quantitative estimate of drug-likeness (QED) is 0.761. The normalized spacial score (nSPS) is 9.79. The lowest BCUT2D eigenvalue weighted by atomic mass is 10.6. The SMILES string of the molecule is COCC(=O)Nc1ncc(C(=O)O)s1. The van der Waals surface area contributed by atoms with E-state index in [4.69, 9.17) is 5.11 Å². The standard InChI is InChI=1S/C7H8N2O4S/c1-13-3-5(10)9-7-8-2-4(14-7)6(11)12/h2H,3H2,1H3,(H,11,12)(H,8,9,10). The van der Waals surface area contributed by atoms with Gasteiger partial charge in [-0.05, 0) is 0 Å². The molecule has 1 aromatic heterocycles. The van der Waals surface area contributed by atoms with E-state index >= 15 is 0 Å². The van der Waals surface area contributed by atoms with E-state index in [1.807, 2.05) is 0 Å². The van der Waals surface area contributed by atoms with Crippen molar-refractivity contribution in [1.82, 2.24) is 4.98 Å². The number of ether oxygens (including phenoxy) is 1. The molecule has 2 N–H and O–H groups in total. The summed E-state index contributed by atoms with van der Waals surface area (Å²) in [7, 11) is 1.39. The summed E-state index contributed by atoms with van der Waals surface area (Å²) in [6.07, 6.45) is 1.19. The maximum Gasteiger partial charge on any atom is 0.347 e. The van der Waals surface area contributed by atoms with Gasteiger partial charge in [0.2, 0.25) is 0 Å². The Labute approximate surface area is 83.5 Å². The van der Waals surface area contributed by atoms with Gasteiger partial charge in [0.25, 0.3) is 5.91 Å². The number of methoxy groups -OCH3 is 1. The molecule has 0 aromatic carbocycles. The smallest absolute Gasteiger partial charge is 0.347 e. The number of carbonyl (C=O) groups is 2. The average Bonchev–Trinajstić information content (AvgIpc) is 2.53. The third-order valence-electron chi connectivity index (χ3n) is 1.24. The number of anilines is 1. The van der Waals surface area contributed by atoms with E-state index in [1.54, 1.807) is 0 Å². The van der Waals surface area contributed by atoms with Crippen molar-refractivity contribution in [1.29, 1.82) is 0 Å². The summed E-state index contributed by atoms with van der Waals surface area (Å²) in [6.45, 7) is -0.0814. The van der Waals surface area contributed by atoms with Crippen LogP contribution in [0.2, 0.25) is 0 Å². The molecule has 0 saturated heterocycles. The summed E-state index contributed by atoms with van der Waals surface area (Å²) in [6, 6.07) is 0. The molecule has 1 aromatic rings. The van der Waals surface area contributed by atoms with Gasteiger partial charge >= 0.3 is 5.97 Å². The molecule has 1 heterocycles. The van der Waals surface area contributed by atoms with Gasteiger partial charge in [0.15, 0.2) is 5.13 Å². The van der Waals surface area contributed by atoms with E-state index in [-0.39, 0.29) is 22.5 Å². The minimum absolute atomic E-state index is 0.0812. The Kier molecular flexibility index (Phi) is 3.55. The third kappa shape index (κ3) is 2.79. The summed E-state index contributed by atoms with van der Waals surface area (Å²) >= 11 is 0.897. The zero-order chi connectivity index (χ0) is 10.6. The van der Waals surface area contributed by atoms with Crippen LogP contribution in [0.15, 0.2) is 6.20 Å². The molecule has 0 fully saturated rings. The molecule has 0 atom stereocenters. The molecule has 0 radical (unpaired) electrons. The number of hydrogen-bond acceptors (Lipinski definition) is 5. The van der Waals surface area contributed by atoms with Crippen LogP contribution in [0.5, 0.6) is 0 Å². The lowest BCUT2D eigenvalue weighted by molar-refractivity contribution is -0.119. The molecular formula is C7H8N2O4S. The highest BCUT2D eigenvalue weighted by Crippen LogP contribution is 2.17. The Balaban J connectivity index is 2.59. The number of amides is 1. The summed E-state index contributed by atoms with van der Waals surface area (Å²) in [5.41, 5.74) is 0. The minimum atomic E-state index is -1.06. The van der Waals surface area contributed by atoms with Gasteiger partial charge < -0.3 is 9.84 Å². The average molecular weight is 216 g/mol. The first-order chi connectivity index (χ1) is 6.63. The van der Waals surface area contributed by atoms with Crippen LogP contribution in [0.1, 0.15) is 9.67 Å². The maximum absolute atomic E-state index is 11.0. The van der Waals surface area contributed by atoms with Crippen LogP contribution in [0.25, 0.3) is 0 Å². The first-order valence-corrected chi connectivity index (χ1v) is 4.43. The van der Waals surface area contributed by atoms with E-state index in [9.17, 15) is 9.59 Å². The van der Waals surface area contributed by atoms with Gasteiger partial charge in [-0.2, -0.15) is 0 Å². The fourth-order valence-electron chi connectivity index (χ4n) is 0.717. The van der Waals surface area contributed by atoms with Crippen LogP contribution in [0.4, 0.5) is 5.13 Å². The van der Waals surface area contributed by atoms with Crippen molar-refractivity contribution < 1.29 is 19.4 Å². The molecule has 1 amide bonds. The maximum atomic E-state index is 11.0. The summed E-state index contributed by atoms with van der Waals surface area (Å²) in [5.74, 6) is -1.42. The van der Waals surface area contributed by atoms with Crippen LogP contribution in [0.3, 0.4) is 0 Å². The second-order valence-electron chi connectivity index (χ2n) is 2.32. The summed E-state index contributed by atoms with van der Waals surface area (Å²) in [5, 5.41) is 11.2. The zero-order valence-corrected chi connectivity index (χ0v) is 8.13. The summed E-state index contributed by atoms with van der Waals surface area (Å²) < 4.78 is 4.58. The van der Waals surface area contributed by atoms with Crippen molar-refractivity contribution in [3.63, 3.8) is 0 Å². The van der Waals surface area contributed by atoms with Crippen molar-refractivity contribution in [2.45, 2.75) is 0 Å². The Bertz CT molecular complexity index is 349. The molecule has 0 unspecified atom stereocenters. The van der Waals surface area contributed by atoms with Crippen LogP contribution in [-0.2, 0) is 9.53 Å². The molecule has 0 bridgehead atoms. The number of thiazole rings is 1. The van der Waals surface area contributed by atoms with Crippen LogP contribution in [0, 0.1) is 0 Å². The van der Waals surface area contributed by atoms with Crippen LogP contribution >= 0.6 is 11.3 Å². The van der Waals surface area contributed by atoms with E-state index in [0.717, 1.165) is 11.3 Å². The molecule has 14 heavy (non-hydrogen) atoms. The van der Waals surface area contributed by atoms with Gasteiger partial charge in [-0.15, -0.1) is 0 Å². The highest BCUT2D eigenvalue weighted by atomic mass is 32.1. The fourth-order valence-corrected chi connectivity index (χ4v) is 1.39. The topological polar surface area (TPSA) is 88.5 Å². The number of carboxylic acid groups (broad SMARTS) is 1. The lowest BCUT2D eigenvalue weighted by Crippen LogP contribution is -2.16. The minimum Gasteiger partial charge on any atom is -0.477 e. The van der Waals surface area contributed by atoms with Crippen molar-refractivity contribution in [3.05, 3.63) is 11.1 Å². The molecular weight excluding hydrogens is 208 g/mol. The van der Waals surface area contributed by atoms with Crippen molar-refractivity contribution in [2.24, 2.45) is 0 Å². The second-order valence-corrected chi connectivity index (χ2v) is 3.35. The van der Waals surface area contributed by atoms with Gasteiger partial charge in [0.05, 0.1) is 6.20 Å². The van der Waals surface area contributed by atoms with E-state index < -0.39 is 5.97 Å². The highest BCUT2D eigenvalue weighted by molar-refractivity contribution is 7.17. The van der Waals surface area contributed by atoms with Gasteiger partial charge in [-0.25, -0.2) is 9.78 Å². The van der Waals surface area contributed by atoms with Gasteiger partial charge in [-0.3, -0.25) is 10.1 Å². The Hall–Kier alpha value is -1.47. The Morgan fingerprint density at radius 1 is 1.71 bits per heavy atom. The zero-order valence-electron chi connectivity index (χ0n) is 7.31. The van der Waals surface area contributed by atoms with Crippen LogP contribution < -0.4 is 5.32 Å². The molecule has 0 aliphatic rings. The number of aromatic carboxylic acids is 1. The van der Waals surface area contributed by atoms with Crippen molar-refractivity contribution in [2.75, 3.05) is 19.0 Å². The van der Waals surface area contributed by atoms with Crippen molar-refractivity contribution >= 4 is 28.3 Å². The predicted octanol–water partition coefficient (Wildman–Crippen LogP) is 0.426. The molecule has 1 rings (SSSR count). The highest BCUT2D eigenvalue weighted by Gasteiger charge is 2.10.